The van der Waals surface area contributed by atoms with E-state index in [1.807, 2.05) is 81.4 Å². The largest absolute Gasteiger partial charge is 0.453 e. The molecule has 0 unspecified atom stereocenters. The number of carbonyl (C=O) groups is 2. The Balaban J connectivity index is 1.82. The molecule has 0 fully saturated rings. The summed E-state index contributed by atoms with van der Waals surface area (Å²) in [6.45, 7) is 6.03. The van der Waals surface area contributed by atoms with Crippen molar-refractivity contribution in [3.63, 3.8) is 0 Å². The van der Waals surface area contributed by atoms with E-state index < -0.39 is 34.1 Å². The van der Waals surface area contributed by atoms with Crippen LogP contribution in [0.5, 0.6) is 0 Å². The van der Waals surface area contributed by atoms with Crippen molar-refractivity contribution in [3.05, 3.63) is 96.1 Å². The van der Waals surface area contributed by atoms with E-state index in [0.29, 0.717) is 37.8 Å². The number of hydrogen-bond acceptors (Lipinski definition) is 7. The minimum Gasteiger partial charge on any atom is -0.453 e. The van der Waals surface area contributed by atoms with Crippen LogP contribution >= 0.6 is 0 Å². The number of aliphatic hydroxyl groups excluding tert-OH is 1. The molecule has 0 bridgehead atoms. The molecule has 3 rings (SSSR count). The highest BCUT2D eigenvalue weighted by Gasteiger charge is 2.34. The van der Waals surface area contributed by atoms with Gasteiger partial charge in [-0.1, -0.05) is 87.9 Å². The number of nitrogens with zero attached hydrogens (tertiary/aromatic N) is 1. The number of nitrogens with two attached hydrogens (primary N) is 1. The molecule has 10 nitrogen and oxygen atoms in total. The number of carbonyl (C=O) groups excluding carboxylic acids is 2. The molecule has 0 saturated carbocycles. The van der Waals surface area contributed by atoms with Crippen molar-refractivity contribution in [1.82, 2.24) is 14.9 Å². The van der Waals surface area contributed by atoms with E-state index >= 15 is 0 Å². The maximum Gasteiger partial charge on any atom is 0.407 e. The monoisotopic (exact) mass is 680 g/mol. The summed E-state index contributed by atoms with van der Waals surface area (Å²) < 4.78 is 33.8. The lowest BCUT2D eigenvalue weighted by Crippen LogP contribution is -2.52. The van der Waals surface area contributed by atoms with E-state index in [9.17, 15) is 23.1 Å². The van der Waals surface area contributed by atoms with Crippen LogP contribution in [-0.2, 0) is 19.6 Å². The van der Waals surface area contributed by atoms with Crippen molar-refractivity contribution < 1.29 is 27.9 Å². The summed E-state index contributed by atoms with van der Waals surface area (Å²) in [5, 5.41) is 16.4. The summed E-state index contributed by atoms with van der Waals surface area (Å²) in [6, 6.07) is 23.3. The third-order valence-electron chi connectivity index (χ3n) is 8.50. The predicted octanol–water partition coefficient (Wildman–Crippen LogP) is 5.68. The SMILES string of the molecule is CCC[C@@H](CCC[C@@H](CO)N(CCC(C)C)S(=O)(=O)c1ccc(N)cc1)NC(=O)[C@@H](NC(=O)OC)C(c1ccccc1)c1ccccc1. The van der Waals surface area contributed by atoms with Gasteiger partial charge in [-0.25, -0.2) is 13.2 Å². The molecule has 0 radical (unpaired) electrons. The second kappa shape index (κ2) is 19.2. The zero-order valence-electron chi connectivity index (χ0n) is 28.5. The molecule has 3 atom stereocenters. The van der Waals surface area contributed by atoms with E-state index in [2.05, 4.69) is 10.6 Å². The normalized spacial score (nSPS) is 13.7. The maximum absolute atomic E-state index is 14.1. The summed E-state index contributed by atoms with van der Waals surface area (Å²) >= 11 is 0. The van der Waals surface area contributed by atoms with E-state index in [1.54, 1.807) is 12.1 Å². The van der Waals surface area contributed by atoms with Crippen molar-refractivity contribution in [2.45, 2.75) is 88.2 Å². The number of ether oxygens (including phenoxy) is 1. The average molecular weight is 681 g/mol. The maximum atomic E-state index is 14.1. The number of nitrogen functional groups attached to an aromatic ring is 1. The third kappa shape index (κ3) is 11.1. The first-order valence-corrected chi connectivity index (χ1v) is 18.2. The smallest absolute Gasteiger partial charge is 0.407 e. The highest BCUT2D eigenvalue weighted by Crippen LogP contribution is 2.29. The van der Waals surface area contributed by atoms with Crippen LogP contribution in [0.3, 0.4) is 0 Å². The third-order valence-corrected chi connectivity index (χ3v) is 10.5. The van der Waals surface area contributed by atoms with Crippen LogP contribution in [0.1, 0.15) is 76.3 Å². The van der Waals surface area contributed by atoms with Crippen molar-refractivity contribution in [2.24, 2.45) is 5.92 Å². The van der Waals surface area contributed by atoms with Gasteiger partial charge in [0.1, 0.15) is 6.04 Å². The summed E-state index contributed by atoms with van der Waals surface area (Å²) in [7, 11) is -2.63. The molecular formula is C37H52N4O6S. The Kier molecular flexibility index (Phi) is 15.4. The van der Waals surface area contributed by atoms with Crippen molar-refractivity contribution in [1.29, 1.82) is 0 Å². The van der Waals surface area contributed by atoms with Crippen molar-refractivity contribution in [2.75, 3.05) is 26.0 Å². The average Bonchev–Trinajstić information content (AvgIpc) is 3.08. The Morgan fingerprint density at radius 1 is 0.854 bits per heavy atom. The molecule has 262 valence electrons. The Morgan fingerprint density at radius 3 is 1.94 bits per heavy atom. The van der Waals surface area contributed by atoms with Gasteiger partial charge in [-0.15, -0.1) is 0 Å². The van der Waals surface area contributed by atoms with Gasteiger partial charge in [0.05, 0.1) is 18.6 Å². The summed E-state index contributed by atoms with van der Waals surface area (Å²) in [4.78, 5) is 26.8. The molecule has 11 heteroatoms. The molecule has 0 aliphatic heterocycles. The molecule has 2 amide bonds. The molecule has 0 saturated heterocycles. The minimum atomic E-state index is -3.90. The number of methoxy groups -OCH3 is 1. The lowest BCUT2D eigenvalue weighted by molar-refractivity contribution is -0.124. The topological polar surface area (TPSA) is 151 Å². The van der Waals surface area contributed by atoms with Gasteiger partial charge in [0.25, 0.3) is 0 Å². The predicted molar refractivity (Wildman–Crippen MR) is 190 cm³/mol. The number of sulfonamides is 1. The van der Waals surface area contributed by atoms with Crippen LogP contribution in [0.25, 0.3) is 0 Å². The molecule has 0 heterocycles. The van der Waals surface area contributed by atoms with E-state index in [4.69, 9.17) is 10.5 Å². The van der Waals surface area contributed by atoms with E-state index in [0.717, 1.165) is 17.5 Å². The summed E-state index contributed by atoms with van der Waals surface area (Å²) in [6.07, 6.45) is 2.92. The van der Waals surface area contributed by atoms with Crippen molar-refractivity contribution >= 4 is 27.7 Å². The van der Waals surface area contributed by atoms with Crippen LogP contribution in [0.4, 0.5) is 10.5 Å². The first-order valence-electron chi connectivity index (χ1n) is 16.7. The Labute approximate surface area is 286 Å². The second-order valence-corrected chi connectivity index (χ2v) is 14.4. The summed E-state index contributed by atoms with van der Waals surface area (Å²) in [5.41, 5.74) is 7.99. The fourth-order valence-corrected chi connectivity index (χ4v) is 7.56. The highest BCUT2D eigenvalue weighted by molar-refractivity contribution is 7.89. The van der Waals surface area contributed by atoms with Gasteiger partial charge in [-0.3, -0.25) is 4.79 Å². The van der Waals surface area contributed by atoms with Gasteiger partial charge in [-0.2, -0.15) is 4.31 Å². The van der Waals surface area contributed by atoms with Gasteiger partial charge < -0.3 is 26.2 Å². The molecule has 48 heavy (non-hydrogen) atoms. The standard InChI is InChI=1S/C37H52N4O6S/c1-5-13-31(18-12-19-32(26-42)41(25-24-27(2)3)48(45,46)33-22-20-30(38)21-23-33)39-36(43)35(40-37(44)47-4)34(28-14-8-6-9-15-28)29-16-10-7-11-17-29/h6-11,14-17,20-23,27,31-32,34-35,42H,5,12-13,18-19,24-26,38H2,1-4H3,(H,39,43)(H,40,44)/t31-,32-,35-/m0/s1. The summed E-state index contributed by atoms with van der Waals surface area (Å²) in [5.74, 6) is -0.569. The van der Waals surface area contributed by atoms with Crippen molar-refractivity contribution in [3.8, 4) is 0 Å². The number of hydrogen-bond donors (Lipinski definition) is 4. The molecule has 3 aromatic carbocycles. The van der Waals surface area contributed by atoms with Crippen LogP contribution in [0.2, 0.25) is 0 Å². The van der Waals surface area contributed by atoms with Gasteiger partial charge in [0, 0.05) is 30.2 Å². The quantitative estimate of drug-likeness (QED) is 0.119. The molecule has 0 aliphatic carbocycles. The Hall–Kier alpha value is -3.93. The first kappa shape index (κ1) is 38.5. The molecule has 0 aliphatic rings. The van der Waals surface area contributed by atoms with Gasteiger partial charge >= 0.3 is 6.09 Å². The lowest BCUT2D eigenvalue weighted by Gasteiger charge is -2.31. The fourth-order valence-electron chi connectivity index (χ4n) is 5.90. The first-order chi connectivity index (χ1) is 23.0. The number of benzene rings is 3. The Morgan fingerprint density at radius 2 is 1.44 bits per heavy atom. The lowest BCUT2D eigenvalue weighted by atomic mass is 9.84. The number of aliphatic hydroxyl groups is 1. The second-order valence-electron chi connectivity index (χ2n) is 12.5. The zero-order valence-corrected chi connectivity index (χ0v) is 29.4. The van der Waals surface area contributed by atoms with Gasteiger partial charge in [0.15, 0.2) is 0 Å². The van der Waals surface area contributed by atoms with Crippen LogP contribution < -0.4 is 16.4 Å². The van der Waals surface area contributed by atoms with E-state index in [-0.39, 0.29) is 35.9 Å². The Bertz CT molecular complexity index is 1460. The number of alkyl carbamates (subject to hydrolysis) is 1. The zero-order chi connectivity index (χ0) is 35.1. The highest BCUT2D eigenvalue weighted by atomic mass is 32.2. The number of rotatable bonds is 19. The van der Waals surface area contributed by atoms with Crippen LogP contribution in [-0.4, -0.2) is 68.2 Å². The van der Waals surface area contributed by atoms with Gasteiger partial charge in [-0.05, 0) is 73.4 Å². The molecule has 0 aromatic heterocycles. The van der Waals surface area contributed by atoms with Crippen LogP contribution in [0.15, 0.2) is 89.8 Å². The van der Waals surface area contributed by atoms with Gasteiger partial charge in [0.2, 0.25) is 15.9 Å². The fraction of sp³-hybridized carbons (Fsp3) is 0.459. The minimum absolute atomic E-state index is 0.130. The number of anilines is 1. The number of nitrogens with one attached hydrogen (secondary N) is 2. The molecular weight excluding hydrogens is 628 g/mol. The van der Waals surface area contributed by atoms with E-state index in [1.165, 1.54) is 23.5 Å². The molecule has 3 aromatic rings. The number of amides is 2. The van der Waals surface area contributed by atoms with Crippen LogP contribution in [0, 0.1) is 5.92 Å². The molecule has 5 N–H and O–H groups in total. The molecule has 0 spiro atoms.